The zero-order chi connectivity index (χ0) is 20.7. The van der Waals surface area contributed by atoms with Crippen molar-refractivity contribution in [1.82, 2.24) is 0 Å². The second-order valence-corrected chi connectivity index (χ2v) is 6.85. The quantitative estimate of drug-likeness (QED) is 0.338. The summed E-state index contributed by atoms with van der Waals surface area (Å²) < 4.78 is 5.67. The van der Waals surface area contributed by atoms with E-state index >= 15 is 0 Å². The van der Waals surface area contributed by atoms with Crippen molar-refractivity contribution >= 4 is 34.8 Å². The highest BCUT2D eigenvalue weighted by atomic mass is 35.5. The number of hydrogen-bond acceptors (Lipinski definition) is 5. The highest BCUT2D eigenvalue weighted by Crippen LogP contribution is 2.34. The van der Waals surface area contributed by atoms with Gasteiger partial charge in [-0.1, -0.05) is 17.7 Å². The van der Waals surface area contributed by atoms with E-state index in [1.54, 1.807) is 24.3 Å². The minimum atomic E-state index is -0.505. The molecule has 0 aromatic heterocycles. The Morgan fingerprint density at radius 2 is 1.55 bits per heavy atom. The molecule has 0 fully saturated rings. The first-order valence-corrected chi connectivity index (χ1v) is 8.94. The Morgan fingerprint density at radius 1 is 0.897 bits per heavy atom. The molecule has 7 nitrogen and oxygen atoms in total. The van der Waals surface area contributed by atoms with Gasteiger partial charge < -0.3 is 4.74 Å². The zero-order valence-corrected chi connectivity index (χ0v) is 15.8. The summed E-state index contributed by atoms with van der Waals surface area (Å²) in [5, 5.41) is 11.2. The number of halogens is 1. The van der Waals surface area contributed by atoms with Crippen LogP contribution in [0.2, 0.25) is 5.02 Å². The summed E-state index contributed by atoms with van der Waals surface area (Å²) in [6, 6.07) is 15.1. The predicted molar refractivity (Wildman–Crippen MR) is 107 cm³/mol. The molecule has 144 valence electrons. The van der Waals surface area contributed by atoms with Crippen molar-refractivity contribution in [2.24, 2.45) is 0 Å². The molecule has 8 heteroatoms. The van der Waals surface area contributed by atoms with Crippen LogP contribution < -0.4 is 9.64 Å². The van der Waals surface area contributed by atoms with Gasteiger partial charge in [-0.3, -0.25) is 19.7 Å². The monoisotopic (exact) mass is 408 g/mol. The number of anilines is 1. The van der Waals surface area contributed by atoms with Gasteiger partial charge in [0.15, 0.2) is 0 Å². The lowest BCUT2D eigenvalue weighted by molar-refractivity contribution is -0.384. The molecule has 1 aliphatic heterocycles. The molecular formula is C21H13ClN2O5. The molecule has 0 radical (unpaired) electrons. The largest absolute Gasteiger partial charge is 0.457 e. The molecular weight excluding hydrogens is 396 g/mol. The maximum Gasteiger partial charge on any atom is 0.269 e. The van der Waals surface area contributed by atoms with Crippen LogP contribution in [-0.2, 0) is 0 Å². The smallest absolute Gasteiger partial charge is 0.269 e. The third kappa shape index (κ3) is 3.32. The Hall–Kier alpha value is -3.71. The van der Waals surface area contributed by atoms with Gasteiger partial charge in [0.25, 0.3) is 17.5 Å². The van der Waals surface area contributed by atoms with Crippen LogP contribution in [-0.4, -0.2) is 16.7 Å². The highest BCUT2D eigenvalue weighted by Gasteiger charge is 2.37. The van der Waals surface area contributed by atoms with E-state index in [2.05, 4.69) is 0 Å². The maximum absolute atomic E-state index is 12.9. The second kappa shape index (κ2) is 7.03. The van der Waals surface area contributed by atoms with Crippen LogP contribution in [0.1, 0.15) is 26.3 Å². The van der Waals surface area contributed by atoms with Gasteiger partial charge >= 0.3 is 0 Å². The Labute approximate surface area is 170 Å². The minimum absolute atomic E-state index is 0.0560. The lowest BCUT2D eigenvalue weighted by Gasteiger charge is -2.14. The summed E-state index contributed by atoms with van der Waals surface area (Å²) >= 11 is 6.13. The topological polar surface area (TPSA) is 89.8 Å². The number of fused-ring (bicyclic) bond motifs is 1. The summed E-state index contributed by atoms with van der Waals surface area (Å²) in [7, 11) is 0. The molecule has 0 aliphatic carbocycles. The van der Waals surface area contributed by atoms with Gasteiger partial charge in [0, 0.05) is 17.2 Å². The van der Waals surface area contributed by atoms with Gasteiger partial charge in [0.05, 0.1) is 21.7 Å². The molecule has 0 spiro atoms. The van der Waals surface area contributed by atoms with Gasteiger partial charge in [-0.05, 0) is 55.0 Å². The van der Waals surface area contributed by atoms with Gasteiger partial charge in [-0.2, -0.15) is 0 Å². The molecule has 0 atom stereocenters. The van der Waals surface area contributed by atoms with Gasteiger partial charge in [-0.15, -0.1) is 0 Å². The summed E-state index contributed by atoms with van der Waals surface area (Å²) in [6.07, 6.45) is 0. The Balaban J connectivity index is 1.62. The first-order valence-electron chi connectivity index (χ1n) is 8.56. The average molecular weight is 409 g/mol. The van der Waals surface area contributed by atoms with Crippen molar-refractivity contribution in [3.63, 3.8) is 0 Å². The van der Waals surface area contributed by atoms with E-state index in [9.17, 15) is 19.7 Å². The first kappa shape index (κ1) is 18.6. The van der Waals surface area contributed by atoms with E-state index in [-0.39, 0.29) is 16.8 Å². The first-order chi connectivity index (χ1) is 13.8. The van der Waals surface area contributed by atoms with E-state index < -0.39 is 16.7 Å². The van der Waals surface area contributed by atoms with Gasteiger partial charge in [-0.25, -0.2) is 4.90 Å². The normalized spacial score (nSPS) is 12.8. The van der Waals surface area contributed by atoms with E-state index in [1.165, 1.54) is 36.4 Å². The van der Waals surface area contributed by atoms with Crippen molar-refractivity contribution < 1.29 is 19.2 Å². The number of carbonyl (C=O) groups excluding carboxylic acids is 2. The van der Waals surface area contributed by atoms with Crippen LogP contribution in [0.15, 0.2) is 60.7 Å². The summed E-state index contributed by atoms with van der Waals surface area (Å²) in [4.78, 5) is 36.9. The molecule has 3 aromatic rings. The number of hydrogen-bond donors (Lipinski definition) is 0. The van der Waals surface area contributed by atoms with E-state index in [4.69, 9.17) is 16.3 Å². The molecule has 0 saturated carbocycles. The Bertz CT molecular complexity index is 1170. The fraction of sp³-hybridized carbons (Fsp3) is 0.0476. The second-order valence-electron chi connectivity index (χ2n) is 6.44. The van der Waals surface area contributed by atoms with Crippen LogP contribution in [0.4, 0.5) is 11.4 Å². The summed E-state index contributed by atoms with van der Waals surface area (Å²) in [5.74, 6) is -0.206. The fourth-order valence-corrected chi connectivity index (χ4v) is 3.19. The molecule has 1 heterocycles. The number of nitro groups is 1. The molecule has 4 rings (SSSR count). The van der Waals surface area contributed by atoms with Crippen LogP contribution in [0, 0.1) is 17.0 Å². The minimum Gasteiger partial charge on any atom is -0.457 e. The third-order valence-electron chi connectivity index (χ3n) is 4.55. The summed E-state index contributed by atoms with van der Waals surface area (Å²) in [5.41, 5.74) is 1.66. The number of carbonyl (C=O) groups is 2. The maximum atomic E-state index is 12.9. The SMILES string of the molecule is Cc1ccc(N2C(=O)c3ccc(Oc4ccc([N+](=O)[O-])cc4)cc3C2=O)cc1Cl. The van der Waals surface area contributed by atoms with Gasteiger partial charge in [0.1, 0.15) is 11.5 Å². The van der Waals surface area contributed by atoms with Crippen molar-refractivity contribution in [2.45, 2.75) is 6.92 Å². The molecule has 3 aromatic carbocycles. The molecule has 0 saturated heterocycles. The average Bonchev–Trinajstić information content (AvgIpc) is 2.95. The van der Waals surface area contributed by atoms with Crippen molar-refractivity contribution in [2.75, 3.05) is 4.90 Å². The molecule has 0 unspecified atom stereocenters. The van der Waals surface area contributed by atoms with Crippen molar-refractivity contribution in [3.05, 3.63) is 92.5 Å². The standard InChI is InChI=1S/C21H13ClN2O5/c1-12-2-3-14(10-19(12)22)23-20(25)17-9-8-16(11-18(17)21(23)26)29-15-6-4-13(5-7-15)24(27)28/h2-11H,1H3. The van der Waals surface area contributed by atoms with E-state index in [0.717, 1.165) is 10.5 Å². The molecule has 2 amide bonds. The number of benzene rings is 3. The lowest BCUT2D eigenvalue weighted by Crippen LogP contribution is -2.29. The van der Waals surface area contributed by atoms with Gasteiger partial charge in [0.2, 0.25) is 0 Å². The molecule has 1 aliphatic rings. The number of aryl methyl sites for hydroxylation is 1. The van der Waals surface area contributed by atoms with Crippen molar-refractivity contribution in [1.29, 1.82) is 0 Å². The zero-order valence-electron chi connectivity index (χ0n) is 15.1. The number of non-ortho nitro benzene ring substituents is 1. The van der Waals surface area contributed by atoms with Crippen LogP contribution in [0.5, 0.6) is 11.5 Å². The molecule has 29 heavy (non-hydrogen) atoms. The number of imide groups is 1. The molecule has 0 N–H and O–H groups in total. The fourth-order valence-electron chi connectivity index (χ4n) is 3.01. The summed E-state index contributed by atoms with van der Waals surface area (Å²) in [6.45, 7) is 1.83. The predicted octanol–water partition coefficient (Wildman–Crippen LogP) is 5.15. The van der Waals surface area contributed by atoms with Crippen LogP contribution in [0.25, 0.3) is 0 Å². The molecule has 0 bridgehead atoms. The van der Waals surface area contributed by atoms with Crippen LogP contribution >= 0.6 is 11.6 Å². The highest BCUT2D eigenvalue weighted by molar-refractivity contribution is 6.35. The third-order valence-corrected chi connectivity index (χ3v) is 4.96. The number of nitro benzene ring substituents is 1. The van der Waals surface area contributed by atoms with E-state index in [1.807, 2.05) is 6.92 Å². The number of amides is 2. The van der Waals surface area contributed by atoms with Crippen molar-refractivity contribution in [3.8, 4) is 11.5 Å². The Kier molecular flexibility index (Phi) is 4.52. The number of ether oxygens (including phenoxy) is 1. The number of rotatable bonds is 4. The Morgan fingerprint density at radius 3 is 2.21 bits per heavy atom. The van der Waals surface area contributed by atoms with Crippen LogP contribution in [0.3, 0.4) is 0 Å². The van der Waals surface area contributed by atoms with E-state index in [0.29, 0.717) is 22.2 Å². The number of nitrogens with zero attached hydrogens (tertiary/aromatic N) is 2. The lowest BCUT2D eigenvalue weighted by atomic mass is 10.1.